The van der Waals surface area contributed by atoms with Crippen LogP contribution in [0.2, 0.25) is 6.55 Å². The molecular weight excluding hydrogens is 406 g/mol. The van der Waals surface area contributed by atoms with Gasteiger partial charge in [0.05, 0.1) is 0 Å². The number of halogens is 3. The van der Waals surface area contributed by atoms with Crippen molar-refractivity contribution in [3.05, 3.63) is 48.1 Å². The van der Waals surface area contributed by atoms with E-state index in [1.165, 1.54) is 32.3 Å². The standard InChI is InChI=1S/C15H12ClSi.2ClH.Zr/c1-17(16)13-9-11-7-4-8-12(14(11)15(13)17)10-5-2-3-6-10;;;/h2-5,7-9H,6H2,1H3;2*1H;/q-1;;;+3/p-2. The number of rotatable bonds is 1. The van der Waals surface area contributed by atoms with Crippen LogP contribution in [0, 0.1) is 0 Å². The van der Waals surface area contributed by atoms with Gasteiger partial charge in [0, 0.05) is 0 Å². The molecule has 0 saturated heterocycles. The molecule has 1 atom stereocenters. The molecule has 0 saturated carbocycles. The molecule has 0 bridgehead atoms. The maximum absolute atomic E-state index is 6.61. The van der Waals surface area contributed by atoms with Gasteiger partial charge in [-0.25, -0.2) is 0 Å². The van der Waals surface area contributed by atoms with Gasteiger partial charge >= 0.3 is 26.2 Å². The van der Waals surface area contributed by atoms with E-state index in [2.05, 4.69) is 49.0 Å². The normalized spacial score (nSPS) is 21.4. The van der Waals surface area contributed by atoms with Crippen molar-refractivity contribution < 1.29 is 51.0 Å². The minimum atomic E-state index is -1.64. The minimum Gasteiger partial charge on any atom is -1.00 e. The van der Waals surface area contributed by atoms with E-state index >= 15 is 0 Å². The smallest absolute Gasteiger partial charge is 1.00 e. The number of allylic oxidation sites excluding steroid dienone is 4. The van der Waals surface area contributed by atoms with Crippen LogP contribution in [-0.2, 0) is 26.2 Å². The van der Waals surface area contributed by atoms with E-state index in [0.29, 0.717) is 0 Å². The van der Waals surface area contributed by atoms with Gasteiger partial charge in [0.25, 0.3) is 0 Å². The molecule has 2 aromatic rings. The predicted octanol–water partition coefficient (Wildman–Crippen LogP) is -2.85. The van der Waals surface area contributed by atoms with E-state index in [4.69, 9.17) is 11.1 Å². The molecule has 0 amide bonds. The Morgan fingerprint density at radius 2 is 2.00 bits per heavy atom. The summed E-state index contributed by atoms with van der Waals surface area (Å²) in [5.41, 5.74) is 2.82. The summed E-state index contributed by atoms with van der Waals surface area (Å²) in [4.78, 5) is 0. The fourth-order valence-electron chi connectivity index (χ4n) is 2.99. The van der Waals surface area contributed by atoms with Gasteiger partial charge in [-0.15, -0.1) is 39.3 Å². The molecule has 0 N–H and O–H groups in total. The van der Waals surface area contributed by atoms with Gasteiger partial charge in [0.1, 0.15) is 7.38 Å². The van der Waals surface area contributed by atoms with Crippen molar-refractivity contribution in [1.82, 2.24) is 0 Å². The molecule has 20 heavy (non-hydrogen) atoms. The molecule has 1 radical (unpaired) electrons. The van der Waals surface area contributed by atoms with E-state index in [1.807, 2.05) is 0 Å². The second-order valence-corrected chi connectivity index (χ2v) is 10.3. The van der Waals surface area contributed by atoms with E-state index in [0.717, 1.165) is 6.42 Å². The molecule has 1 aliphatic carbocycles. The Labute approximate surface area is 156 Å². The first-order valence-corrected chi connectivity index (χ1v) is 9.49. The summed E-state index contributed by atoms with van der Waals surface area (Å²) < 4.78 is 0. The van der Waals surface area contributed by atoms with E-state index in [-0.39, 0.29) is 51.0 Å². The zero-order valence-corrected chi connectivity index (χ0v) is 16.6. The van der Waals surface area contributed by atoms with Gasteiger partial charge in [-0.05, 0) is 12.0 Å². The topological polar surface area (TPSA) is 0 Å². The molecule has 101 valence electrons. The van der Waals surface area contributed by atoms with Gasteiger partial charge < -0.3 is 24.8 Å². The molecule has 0 fully saturated rings. The van der Waals surface area contributed by atoms with Crippen molar-refractivity contribution in [2.45, 2.75) is 13.0 Å². The predicted molar refractivity (Wildman–Crippen MR) is 78.0 cm³/mol. The molecule has 2 aromatic carbocycles. The van der Waals surface area contributed by atoms with Crippen molar-refractivity contribution in [3.63, 3.8) is 0 Å². The van der Waals surface area contributed by atoms with Crippen LogP contribution in [0.25, 0.3) is 16.3 Å². The quantitative estimate of drug-likeness (QED) is 0.266. The summed E-state index contributed by atoms with van der Waals surface area (Å²) in [6.07, 6.45) is 7.64. The Bertz CT molecular complexity index is 713. The average molecular weight is 418 g/mol. The Morgan fingerprint density at radius 3 is 2.65 bits per heavy atom. The van der Waals surface area contributed by atoms with E-state index < -0.39 is 7.38 Å². The van der Waals surface area contributed by atoms with Crippen LogP contribution in [0.1, 0.15) is 12.0 Å². The van der Waals surface area contributed by atoms with Gasteiger partial charge in [0.2, 0.25) is 0 Å². The fourth-order valence-corrected chi connectivity index (χ4v) is 6.81. The first kappa shape index (κ1) is 18.3. The van der Waals surface area contributed by atoms with Gasteiger partial charge in [-0.1, -0.05) is 36.4 Å². The average Bonchev–Trinajstić information content (AvgIpc) is 2.82. The Hall–Kier alpha value is 0.280. The number of hydrogen-bond acceptors (Lipinski definition) is 0. The number of hydrogen-bond donors (Lipinski definition) is 0. The Balaban J connectivity index is 0.000000667. The monoisotopic (exact) mass is 415 g/mol. The molecule has 1 aliphatic heterocycles. The third kappa shape index (κ3) is 2.44. The maximum Gasteiger partial charge on any atom is 3.00 e. The summed E-state index contributed by atoms with van der Waals surface area (Å²) in [6, 6.07) is 8.90. The minimum absolute atomic E-state index is 0. The Morgan fingerprint density at radius 1 is 1.25 bits per heavy atom. The zero-order chi connectivity index (χ0) is 11.6. The second kappa shape index (κ2) is 6.18. The van der Waals surface area contributed by atoms with Crippen LogP contribution in [0.3, 0.4) is 0 Å². The number of fused-ring (bicyclic) bond motifs is 3. The molecular formula is C15H12Cl3SiZr. The van der Waals surface area contributed by atoms with Crippen molar-refractivity contribution >= 4 is 45.2 Å². The fraction of sp³-hybridized carbons (Fsp3) is 0.133. The summed E-state index contributed by atoms with van der Waals surface area (Å²) in [6.45, 7) is 2.23. The molecule has 5 heteroatoms. The summed E-state index contributed by atoms with van der Waals surface area (Å²) in [7, 11) is -1.64. The van der Waals surface area contributed by atoms with Gasteiger partial charge in [0.15, 0.2) is 0 Å². The van der Waals surface area contributed by atoms with Crippen LogP contribution in [-0.4, -0.2) is 7.38 Å². The van der Waals surface area contributed by atoms with E-state index in [1.54, 1.807) is 0 Å². The third-order valence-corrected chi connectivity index (χ3v) is 7.74. The first-order valence-electron chi connectivity index (χ1n) is 5.98. The van der Waals surface area contributed by atoms with E-state index in [9.17, 15) is 0 Å². The third-order valence-electron chi connectivity index (χ3n) is 3.95. The zero-order valence-electron chi connectivity index (χ0n) is 10.9. The van der Waals surface area contributed by atoms with Crippen LogP contribution >= 0.6 is 11.1 Å². The summed E-state index contributed by atoms with van der Waals surface area (Å²) in [5.74, 6) is 0. The number of benzene rings is 1. The molecule has 0 nitrogen and oxygen atoms in total. The van der Waals surface area contributed by atoms with Crippen LogP contribution < -0.4 is 35.2 Å². The summed E-state index contributed by atoms with van der Waals surface area (Å²) in [5, 5.41) is 5.73. The molecule has 1 unspecified atom stereocenters. The molecule has 1 heterocycles. The molecule has 0 spiro atoms. The molecule has 4 rings (SSSR count). The van der Waals surface area contributed by atoms with Crippen molar-refractivity contribution in [1.29, 1.82) is 0 Å². The summed E-state index contributed by atoms with van der Waals surface area (Å²) >= 11 is 6.61. The largest absolute Gasteiger partial charge is 3.00 e. The van der Waals surface area contributed by atoms with Crippen LogP contribution in [0.15, 0.2) is 42.5 Å². The van der Waals surface area contributed by atoms with Gasteiger partial charge in [-0.2, -0.15) is 11.1 Å². The first-order chi connectivity index (χ1) is 8.19. The molecule has 2 aliphatic rings. The molecule has 0 aromatic heterocycles. The Kier molecular flexibility index (Phi) is 5.67. The maximum atomic E-state index is 6.61. The van der Waals surface area contributed by atoms with Gasteiger partial charge in [-0.3, -0.25) is 0 Å². The van der Waals surface area contributed by atoms with Crippen molar-refractivity contribution in [2.24, 2.45) is 0 Å². The SMILES string of the molecule is C[Si]1(Cl)c2[cH-]c3cccc(C4=CC=CC4)c3c21.[Cl-].[Cl-].[Zr+3]. The second-order valence-electron chi connectivity index (χ2n) is 5.03. The van der Waals surface area contributed by atoms with Crippen molar-refractivity contribution in [2.75, 3.05) is 0 Å². The van der Waals surface area contributed by atoms with Crippen LogP contribution in [0.5, 0.6) is 0 Å². The van der Waals surface area contributed by atoms with Crippen molar-refractivity contribution in [3.8, 4) is 0 Å². The van der Waals surface area contributed by atoms with Crippen LogP contribution in [0.4, 0.5) is 0 Å².